The number of amides is 4. The van der Waals surface area contributed by atoms with Crippen molar-refractivity contribution in [1.29, 1.82) is 0 Å². The van der Waals surface area contributed by atoms with Crippen molar-refractivity contribution in [2.45, 2.75) is 0 Å². The maximum Gasteiger partial charge on any atom is 0.238 e. The minimum Gasteiger partial charge on any atom is -0.325 e. The van der Waals surface area contributed by atoms with E-state index in [1.54, 1.807) is 0 Å². The van der Waals surface area contributed by atoms with Crippen molar-refractivity contribution in [3.05, 3.63) is 121 Å². The first kappa shape index (κ1) is 37.8. The van der Waals surface area contributed by atoms with Gasteiger partial charge in [0.25, 0.3) is 0 Å². The van der Waals surface area contributed by atoms with Crippen molar-refractivity contribution in [3.63, 3.8) is 0 Å². The van der Waals surface area contributed by atoms with E-state index in [9.17, 15) is 19.2 Å². The number of nitrogens with zero attached hydrogens (tertiary/aromatic N) is 4. The fourth-order valence-electron chi connectivity index (χ4n) is 5.91. The van der Waals surface area contributed by atoms with Crippen molar-refractivity contribution in [2.75, 3.05) is 99.8 Å². The summed E-state index contributed by atoms with van der Waals surface area (Å²) in [6, 6.07) is 37.3. The Morgan fingerprint density at radius 2 is 0.500 bits per heavy atom. The third kappa shape index (κ3) is 13.7. The molecule has 0 saturated carbocycles. The van der Waals surface area contributed by atoms with Crippen molar-refractivity contribution in [1.82, 2.24) is 19.6 Å². The number of hydrogen-bond donors (Lipinski definition) is 4. The number of rotatable bonds is 12. The van der Waals surface area contributed by atoms with Gasteiger partial charge in [0.15, 0.2) is 0 Å². The maximum atomic E-state index is 13.2. The van der Waals surface area contributed by atoms with Crippen LogP contribution in [0.5, 0.6) is 0 Å². The second kappa shape index (κ2) is 20.4. The van der Waals surface area contributed by atoms with Crippen LogP contribution in [0.15, 0.2) is 121 Å². The molecular formula is C40H48N8O4. The standard InChI is InChI=1S/C40H48N8O4/c49-37(41-33-13-5-1-6-14-33)29-45-21-23-46(30-38(50)42-34-15-7-2-8-16-34)25-27-48(32-40(52)44-36-19-11-4-12-20-36)28-26-47(24-22-45)31-39(51)43-35-17-9-3-10-18-35/h1-20H,21-32H2,(H,41,49)(H,42,50)(H,43,51)(H,44,52). The van der Waals surface area contributed by atoms with Gasteiger partial charge in [-0.1, -0.05) is 72.8 Å². The Labute approximate surface area is 305 Å². The van der Waals surface area contributed by atoms with Gasteiger partial charge in [-0.25, -0.2) is 0 Å². The minimum absolute atomic E-state index is 0.143. The summed E-state index contributed by atoms with van der Waals surface area (Å²) >= 11 is 0. The van der Waals surface area contributed by atoms with Gasteiger partial charge in [-0.15, -0.1) is 0 Å². The van der Waals surface area contributed by atoms with E-state index in [-0.39, 0.29) is 49.8 Å². The molecule has 1 fully saturated rings. The Kier molecular flexibility index (Phi) is 14.9. The lowest BCUT2D eigenvalue weighted by molar-refractivity contribution is -0.120. The number of hydrogen-bond acceptors (Lipinski definition) is 8. The van der Waals surface area contributed by atoms with Gasteiger partial charge in [-0.2, -0.15) is 0 Å². The largest absolute Gasteiger partial charge is 0.325 e. The maximum absolute atomic E-state index is 13.2. The van der Waals surface area contributed by atoms with E-state index in [2.05, 4.69) is 40.9 Å². The van der Waals surface area contributed by atoms with Crippen LogP contribution in [-0.2, 0) is 19.2 Å². The first-order valence-electron chi connectivity index (χ1n) is 17.7. The predicted molar refractivity (Wildman–Crippen MR) is 206 cm³/mol. The van der Waals surface area contributed by atoms with Gasteiger partial charge < -0.3 is 21.3 Å². The molecule has 12 nitrogen and oxygen atoms in total. The Hall–Kier alpha value is -5.40. The molecule has 0 spiro atoms. The molecule has 52 heavy (non-hydrogen) atoms. The zero-order valence-corrected chi connectivity index (χ0v) is 29.5. The number of para-hydroxylation sites is 4. The van der Waals surface area contributed by atoms with E-state index >= 15 is 0 Å². The molecule has 0 bridgehead atoms. The molecule has 0 atom stereocenters. The minimum atomic E-state index is -0.143. The third-order valence-electron chi connectivity index (χ3n) is 8.63. The average Bonchev–Trinajstić information content (AvgIpc) is 3.14. The Balaban J connectivity index is 1.31. The summed E-state index contributed by atoms with van der Waals surface area (Å²) in [6.07, 6.45) is 0. The predicted octanol–water partition coefficient (Wildman–Crippen LogP) is 3.76. The van der Waals surface area contributed by atoms with E-state index in [1.807, 2.05) is 121 Å². The van der Waals surface area contributed by atoms with Gasteiger partial charge in [-0.3, -0.25) is 38.8 Å². The van der Waals surface area contributed by atoms with Crippen LogP contribution in [0, 0.1) is 0 Å². The molecule has 1 heterocycles. The summed E-state index contributed by atoms with van der Waals surface area (Å²) < 4.78 is 0. The first-order valence-corrected chi connectivity index (χ1v) is 17.7. The van der Waals surface area contributed by atoms with Crippen LogP contribution in [0.2, 0.25) is 0 Å². The molecule has 4 aromatic carbocycles. The monoisotopic (exact) mass is 704 g/mol. The van der Waals surface area contributed by atoms with E-state index in [0.29, 0.717) is 52.4 Å². The van der Waals surface area contributed by atoms with Crippen LogP contribution in [0.3, 0.4) is 0 Å². The van der Waals surface area contributed by atoms with Gasteiger partial charge in [-0.05, 0) is 48.5 Å². The van der Waals surface area contributed by atoms with Crippen LogP contribution in [0.1, 0.15) is 0 Å². The summed E-state index contributed by atoms with van der Waals surface area (Å²) in [5.41, 5.74) is 2.88. The highest BCUT2D eigenvalue weighted by atomic mass is 16.2. The van der Waals surface area contributed by atoms with Crippen molar-refractivity contribution in [2.24, 2.45) is 0 Å². The SMILES string of the molecule is O=C(CN1CCN(CC(=O)Nc2ccccc2)CCN(CC(=O)Nc2ccccc2)CCN(CC(=O)Nc2ccccc2)CC1)Nc1ccccc1. The third-order valence-corrected chi connectivity index (χ3v) is 8.63. The molecule has 0 radical (unpaired) electrons. The summed E-state index contributed by atoms with van der Waals surface area (Å²) in [6.45, 7) is 4.70. The topological polar surface area (TPSA) is 129 Å². The number of nitrogens with one attached hydrogen (secondary N) is 4. The zero-order chi connectivity index (χ0) is 36.4. The van der Waals surface area contributed by atoms with Gasteiger partial charge in [0, 0.05) is 75.1 Å². The van der Waals surface area contributed by atoms with Crippen LogP contribution in [0.4, 0.5) is 22.7 Å². The number of benzene rings is 4. The second-order valence-corrected chi connectivity index (χ2v) is 12.8. The molecule has 1 aliphatic rings. The molecule has 12 heteroatoms. The molecule has 5 rings (SSSR count). The normalized spacial score (nSPS) is 15.4. The smallest absolute Gasteiger partial charge is 0.238 e. The van der Waals surface area contributed by atoms with Gasteiger partial charge >= 0.3 is 0 Å². The quantitative estimate of drug-likeness (QED) is 0.176. The highest BCUT2D eigenvalue weighted by Gasteiger charge is 2.22. The van der Waals surface area contributed by atoms with Gasteiger partial charge in [0.2, 0.25) is 23.6 Å². The lowest BCUT2D eigenvalue weighted by atomic mass is 10.3. The van der Waals surface area contributed by atoms with Crippen LogP contribution < -0.4 is 21.3 Å². The van der Waals surface area contributed by atoms with Crippen LogP contribution in [-0.4, -0.2) is 122 Å². The number of carbonyl (C=O) groups is 4. The van der Waals surface area contributed by atoms with Crippen LogP contribution in [0.25, 0.3) is 0 Å². The number of anilines is 4. The summed E-state index contributed by atoms with van der Waals surface area (Å²) in [5.74, 6) is -0.572. The first-order chi connectivity index (χ1) is 25.4. The van der Waals surface area contributed by atoms with E-state index in [0.717, 1.165) is 22.7 Å². The molecule has 4 aromatic rings. The Bertz CT molecular complexity index is 1430. The molecule has 0 unspecified atom stereocenters. The molecule has 272 valence electrons. The fourth-order valence-corrected chi connectivity index (χ4v) is 5.91. The molecule has 1 saturated heterocycles. The zero-order valence-electron chi connectivity index (χ0n) is 29.5. The van der Waals surface area contributed by atoms with Crippen molar-refractivity contribution >= 4 is 46.4 Å². The van der Waals surface area contributed by atoms with E-state index in [4.69, 9.17) is 0 Å². The molecule has 4 amide bonds. The molecular weight excluding hydrogens is 656 g/mol. The highest BCUT2D eigenvalue weighted by Crippen LogP contribution is 2.10. The van der Waals surface area contributed by atoms with Crippen molar-refractivity contribution < 1.29 is 19.2 Å². The molecule has 1 aliphatic heterocycles. The number of carbonyl (C=O) groups excluding carboxylic acids is 4. The average molecular weight is 705 g/mol. The van der Waals surface area contributed by atoms with E-state index < -0.39 is 0 Å². The molecule has 0 aromatic heterocycles. The highest BCUT2D eigenvalue weighted by molar-refractivity contribution is 5.94. The summed E-state index contributed by atoms with van der Waals surface area (Å²) in [5, 5.41) is 11.9. The van der Waals surface area contributed by atoms with Gasteiger partial charge in [0.05, 0.1) is 26.2 Å². The van der Waals surface area contributed by atoms with Crippen LogP contribution >= 0.6 is 0 Å². The molecule has 4 N–H and O–H groups in total. The Morgan fingerprint density at radius 1 is 0.327 bits per heavy atom. The lowest BCUT2D eigenvalue weighted by Gasteiger charge is -2.33. The van der Waals surface area contributed by atoms with Gasteiger partial charge in [0.1, 0.15) is 0 Å². The second-order valence-electron chi connectivity index (χ2n) is 12.8. The van der Waals surface area contributed by atoms with E-state index in [1.165, 1.54) is 0 Å². The van der Waals surface area contributed by atoms with Crippen molar-refractivity contribution in [3.8, 4) is 0 Å². The molecule has 0 aliphatic carbocycles. The lowest BCUT2D eigenvalue weighted by Crippen LogP contribution is -2.50. The fraction of sp³-hybridized carbons (Fsp3) is 0.300. The summed E-state index contributed by atoms with van der Waals surface area (Å²) in [7, 11) is 0. The Morgan fingerprint density at radius 3 is 0.673 bits per heavy atom. The summed E-state index contributed by atoms with van der Waals surface area (Å²) in [4.78, 5) is 61.1.